The summed E-state index contributed by atoms with van der Waals surface area (Å²) in [5.74, 6) is -0.745. The molecule has 0 spiro atoms. The second-order valence-electron chi connectivity index (χ2n) is 5.72. The van der Waals surface area contributed by atoms with Gasteiger partial charge in [0, 0.05) is 24.5 Å². The Kier molecular flexibility index (Phi) is 4.79. The largest absolute Gasteiger partial charge is 0.393 e. The highest BCUT2D eigenvalue weighted by atomic mass is 19.3. The molecule has 1 amide bonds. The van der Waals surface area contributed by atoms with Crippen molar-refractivity contribution in [3.05, 3.63) is 36.3 Å². The van der Waals surface area contributed by atoms with Gasteiger partial charge in [-0.2, -0.15) is 0 Å². The highest BCUT2D eigenvalue weighted by molar-refractivity contribution is 5.90. The van der Waals surface area contributed by atoms with Crippen molar-refractivity contribution in [2.24, 2.45) is 0 Å². The van der Waals surface area contributed by atoms with Crippen molar-refractivity contribution in [2.45, 2.75) is 44.3 Å². The van der Waals surface area contributed by atoms with Crippen LogP contribution >= 0.6 is 0 Å². The molecule has 0 saturated heterocycles. The first-order valence-corrected chi connectivity index (χ1v) is 7.67. The van der Waals surface area contributed by atoms with Crippen LogP contribution in [0.5, 0.6) is 0 Å². The topological polar surface area (TPSA) is 92.9 Å². The lowest BCUT2D eigenvalue weighted by Gasteiger charge is -2.25. The lowest BCUT2D eigenvalue weighted by Crippen LogP contribution is -2.39. The Balaban J connectivity index is 1.82. The van der Waals surface area contributed by atoms with E-state index in [1.807, 2.05) is 0 Å². The van der Waals surface area contributed by atoms with E-state index in [4.69, 9.17) is 0 Å². The summed E-state index contributed by atoms with van der Waals surface area (Å²) in [4.78, 5) is 23.9. The van der Waals surface area contributed by atoms with E-state index in [1.165, 1.54) is 17.1 Å². The number of carbonyl (C=O) groups is 1. The fraction of sp³-hybridized carbons (Fsp3) is 0.467. The summed E-state index contributed by atoms with van der Waals surface area (Å²) in [5.41, 5.74) is -0.516. The number of aromatic nitrogens is 4. The second-order valence-corrected chi connectivity index (χ2v) is 5.72. The number of hydrogen-bond donors (Lipinski definition) is 2. The van der Waals surface area contributed by atoms with Crippen LogP contribution < -0.4 is 5.32 Å². The number of imidazole rings is 1. The molecule has 2 heterocycles. The number of hydrogen-bond acceptors (Lipinski definition) is 5. The molecule has 24 heavy (non-hydrogen) atoms. The van der Waals surface area contributed by atoms with Gasteiger partial charge in [0.2, 0.25) is 5.82 Å². The van der Waals surface area contributed by atoms with Crippen LogP contribution in [0.4, 0.5) is 8.78 Å². The molecular weight excluding hydrogens is 320 g/mol. The minimum atomic E-state index is -2.81. The van der Waals surface area contributed by atoms with E-state index in [2.05, 4.69) is 20.3 Å². The monoisotopic (exact) mass is 337 g/mol. The molecular formula is C15H17F2N5O2. The summed E-state index contributed by atoms with van der Waals surface area (Å²) in [6.45, 7) is 0. The summed E-state index contributed by atoms with van der Waals surface area (Å²) >= 11 is 0. The number of carbonyl (C=O) groups excluding carboxylic acids is 1. The van der Waals surface area contributed by atoms with Crippen molar-refractivity contribution in [1.29, 1.82) is 0 Å². The second kappa shape index (κ2) is 7.00. The Bertz CT molecular complexity index is 700. The molecule has 0 bridgehead atoms. The van der Waals surface area contributed by atoms with Gasteiger partial charge < -0.3 is 10.4 Å². The van der Waals surface area contributed by atoms with Gasteiger partial charge in [-0.05, 0) is 25.7 Å². The van der Waals surface area contributed by atoms with Crippen LogP contribution in [0.1, 0.15) is 48.4 Å². The maximum atomic E-state index is 13.1. The molecule has 1 aliphatic rings. The molecule has 0 atom stereocenters. The molecule has 1 aliphatic carbocycles. The van der Waals surface area contributed by atoms with Gasteiger partial charge in [0.15, 0.2) is 0 Å². The van der Waals surface area contributed by atoms with Crippen molar-refractivity contribution >= 4 is 5.91 Å². The van der Waals surface area contributed by atoms with Gasteiger partial charge >= 0.3 is 0 Å². The van der Waals surface area contributed by atoms with Crippen molar-refractivity contribution in [1.82, 2.24) is 24.8 Å². The summed E-state index contributed by atoms with van der Waals surface area (Å²) in [7, 11) is 0. The first-order chi connectivity index (χ1) is 11.5. The molecule has 2 N–H and O–H groups in total. The molecule has 7 nitrogen and oxygen atoms in total. The first-order valence-electron chi connectivity index (χ1n) is 7.67. The molecule has 2 aromatic rings. The molecule has 3 rings (SSSR count). The Labute approximate surface area is 136 Å². The average molecular weight is 337 g/mol. The van der Waals surface area contributed by atoms with Crippen molar-refractivity contribution < 1.29 is 18.7 Å². The van der Waals surface area contributed by atoms with Crippen LogP contribution in [0.25, 0.3) is 5.82 Å². The number of amides is 1. The molecule has 0 unspecified atom stereocenters. The maximum Gasteiger partial charge on any atom is 0.289 e. The van der Waals surface area contributed by atoms with Gasteiger partial charge in [0.25, 0.3) is 12.3 Å². The SMILES string of the molecule is O=C(NC1CCC(O)CC1)c1nc(C(F)F)cc(-n2ccnc2)n1. The Hall–Kier alpha value is -2.42. The predicted molar refractivity (Wildman–Crippen MR) is 79.8 cm³/mol. The van der Waals surface area contributed by atoms with Gasteiger partial charge in [-0.25, -0.2) is 23.7 Å². The van der Waals surface area contributed by atoms with Crippen LogP contribution in [0.15, 0.2) is 24.8 Å². The third kappa shape index (κ3) is 3.73. The lowest BCUT2D eigenvalue weighted by molar-refractivity contribution is 0.0856. The van der Waals surface area contributed by atoms with Crippen molar-refractivity contribution in [2.75, 3.05) is 0 Å². The van der Waals surface area contributed by atoms with Crippen LogP contribution in [0.2, 0.25) is 0 Å². The van der Waals surface area contributed by atoms with E-state index in [9.17, 15) is 18.7 Å². The number of alkyl halides is 2. The molecule has 0 aliphatic heterocycles. The summed E-state index contributed by atoms with van der Waals surface area (Å²) in [6, 6.07) is 1.01. The fourth-order valence-corrected chi connectivity index (χ4v) is 2.66. The van der Waals surface area contributed by atoms with Crippen LogP contribution in [-0.4, -0.2) is 42.7 Å². The third-order valence-corrected chi connectivity index (χ3v) is 3.96. The van der Waals surface area contributed by atoms with E-state index in [0.29, 0.717) is 25.7 Å². The molecule has 128 valence electrons. The molecule has 2 aromatic heterocycles. The minimum Gasteiger partial charge on any atom is -0.393 e. The van der Waals surface area contributed by atoms with Crippen molar-refractivity contribution in [3.8, 4) is 5.82 Å². The molecule has 1 fully saturated rings. The molecule has 0 aromatic carbocycles. The first kappa shape index (κ1) is 16.4. The average Bonchev–Trinajstić information content (AvgIpc) is 3.11. The van der Waals surface area contributed by atoms with E-state index in [-0.39, 0.29) is 23.8 Å². The number of aliphatic hydroxyl groups excluding tert-OH is 1. The van der Waals surface area contributed by atoms with Gasteiger partial charge in [0.1, 0.15) is 17.8 Å². The fourth-order valence-electron chi connectivity index (χ4n) is 2.66. The van der Waals surface area contributed by atoms with Crippen LogP contribution in [0.3, 0.4) is 0 Å². The van der Waals surface area contributed by atoms with Crippen molar-refractivity contribution in [3.63, 3.8) is 0 Å². The van der Waals surface area contributed by atoms with Gasteiger partial charge in [-0.3, -0.25) is 9.36 Å². The maximum absolute atomic E-state index is 13.1. The van der Waals surface area contributed by atoms with E-state index in [1.54, 1.807) is 6.20 Å². The molecule has 9 heteroatoms. The normalized spacial score (nSPS) is 21.0. The Morgan fingerprint density at radius 3 is 2.67 bits per heavy atom. The van der Waals surface area contributed by atoms with Crippen LogP contribution in [-0.2, 0) is 0 Å². The number of rotatable bonds is 4. The molecule has 1 saturated carbocycles. The molecule has 0 radical (unpaired) electrons. The zero-order valence-corrected chi connectivity index (χ0v) is 12.8. The Morgan fingerprint density at radius 2 is 2.04 bits per heavy atom. The standard InChI is InChI=1S/C15H17F2N5O2/c16-13(17)11-7-12(22-6-5-18-8-22)21-14(20-11)15(24)19-9-1-3-10(23)4-2-9/h5-10,13,23H,1-4H2,(H,19,24). The smallest absolute Gasteiger partial charge is 0.289 e. The number of halogens is 2. The van der Waals surface area contributed by atoms with E-state index >= 15 is 0 Å². The minimum absolute atomic E-state index is 0.114. The number of aliphatic hydroxyl groups is 1. The van der Waals surface area contributed by atoms with Crippen LogP contribution in [0, 0.1) is 0 Å². The predicted octanol–water partition coefficient (Wildman–Crippen LogP) is 1.63. The van der Waals surface area contributed by atoms with E-state index < -0.39 is 18.0 Å². The highest BCUT2D eigenvalue weighted by Gasteiger charge is 2.24. The number of nitrogens with zero attached hydrogens (tertiary/aromatic N) is 4. The lowest BCUT2D eigenvalue weighted by atomic mass is 9.93. The summed E-state index contributed by atoms with van der Waals surface area (Å²) < 4.78 is 27.6. The zero-order valence-electron chi connectivity index (χ0n) is 12.8. The van der Waals surface area contributed by atoms with Gasteiger partial charge in [0.05, 0.1) is 6.10 Å². The number of nitrogens with one attached hydrogen (secondary N) is 1. The third-order valence-electron chi connectivity index (χ3n) is 3.96. The Morgan fingerprint density at radius 1 is 1.29 bits per heavy atom. The summed E-state index contributed by atoms with van der Waals surface area (Å²) in [5, 5.41) is 12.2. The summed E-state index contributed by atoms with van der Waals surface area (Å²) in [6.07, 6.45) is 3.75. The van der Waals surface area contributed by atoms with E-state index in [0.717, 1.165) is 6.07 Å². The quantitative estimate of drug-likeness (QED) is 0.885. The van der Waals surface area contributed by atoms with Gasteiger partial charge in [-0.15, -0.1) is 0 Å². The zero-order chi connectivity index (χ0) is 17.1. The highest BCUT2D eigenvalue weighted by Crippen LogP contribution is 2.20. The van der Waals surface area contributed by atoms with Gasteiger partial charge in [-0.1, -0.05) is 0 Å².